The molecule has 0 aliphatic rings. The Hall–Kier alpha value is -0.500. The lowest BCUT2D eigenvalue weighted by atomic mass is 10.0. The Labute approximate surface area is 114 Å². The van der Waals surface area contributed by atoms with Gasteiger partial charge >= 0.3 is 0 Å². The topological polar surface area (TPSA) is 12.0 Å². The van der Waals surface area contributed by atoms with Crippen LogP contribution in [0.5, 0.6) is 0 Å². The Bertz CT molecular complexity index is 377. The van der Waals surface area contributed by atoms with Crippen LogP contribution in [0.1, 0.15) is 26.3 Å². The summed E-state index contributed by atoms with van der Waals surface area (Å²) in [5.41, 5.74) is 2.41. The molecule has 0 atom stereocenters. The SMILES string of the molecule is CCNCC(=Cc1cc(Cl)cc(Cl)c1)C(C)C. The van der Waals surface area contributed by atoms with Crippen molar-refractivity contribution in [3.05, 3.63) is 39.4 Å². The van der Waals surface area contributed by atoms with E-state index in [2.05, 4.69) is 32.2 Å². The van der Waals surface area contributed by atoms with E-state index in [0.717, 1.165) is 18.7 Å². The van der Waals surface area contributed by atoms with Crippen molar-refractivity contribution in [1.82, 2.24) is 5.32 Å². The first-order chi connectivity index (χ1) is 8.02. The van der Waals surface area contributed by atoms with Crippen molar-refractivity contribution in [1.29, 1.82) is 0 Å². The minimum atomic E-state index is 0.506. The molecule has 0 amide bonds. The first-order valence-corrected chi connectivity index (χ1v) is 6.65. The van der Waals surface area contributed by atoms with Crippen LogP contribution in [0.3, 0.4) is 0 Å². The summed E-state index contributed by atoms with van der Waals surface area (Å²) in [5.74, 6) is 0.506. The summed E-state index contributed by atoms with van der Waals surface area (Å²) in [6, 6.07) is 5.61. The Morgan fingerprint density at radius 3 is 2.29 bits per heavy atom. The average molecular weight is 272 g/mol. The summed E-state index contributed by atoms with van der Waals surface area (Å²) >= 11 is 12.0. The van der Waals surface area contributed by atoms with E-state index in [1.807, 2.05) is 12.1 Å². The quantitative estimate of drug-likeness (QED) is 0.823. The van der Waals surface area contributed by atoms with Crippen LogP contribution in [-0.4, -0.2) is 13.1 Å². The van der Waals surface area contributed by atoms with Crippen LogP contribution in [-0.2, 0) is 0 Å². The normalized spacial score (nSPS) is 12.2. The molecule has 3 heteroatoms. The molecule has 1 nitrogen and oxygen atoms in total. The van der Waals surface area contributed by atoms with E-state index in [1.165, 1.54) is 5.57 Å². The van der Waals surface area contributed by atoms with Gasteiger partial charge in [0.1, 0.15) is 0 Å². The van der Waals surface area contributed by atoms with Crippen molar-refractivity contribution in [2.24, 2.45) is 5.92 Å². The number of hydrogen-bond donors (Lipinski definition) is 1. The molecule has 1 N–H and O–H groups in total. The van der Waals surface area contributed by atoms with Crippen LogP contribution in [0.4, 0.5) is 0 Å². The van der Waals surface area contributed by atoms with Crippen LogP contribution in [0.15, 0.2) is 23.8 Å². The smallest absolute Gasteiger partial charge is 0.0426 e. The lowest BCUT2D eigenvalue weighted by molar-refractivity contribution is 0.682. The van der Waals surface area contributed by atoms with Gasteiger partial charge in [-0.2, -0.15) is 0 Å². The highest BCUT2D eigenvalue weighted by molar-refractivity contribution is 6.34. The highest BCUT2D eigenvalue weighted by Crippen LogP contribution is 2.22. The molecule has 0 fully saturated rings. The number of halogens is 2. The van der Waals surface area contributed by atoms with E-state index in [4.69, 9.17) is 23.2 Å². The van der Waals surface area contributed by atoms with Gasteiger partial charge in [-0.25, -0.2) is 0 Å². The molecule has 0 spiro atoms. The fourth-order valence-electron chi connectivity index (χ4n) is 1.56. The first kappa shape index (κ1) is 14.6. The third-order valence-electron chi connectivity index (χ3n) is 2.56. The van der Waals surface area contributed by atoms with Crippen molar-refractivity contribution in [3.63, 3.8) is 0 Å². The zero-order valence-corrected chi connectivity index (χ0v) is 12.1. The largest absolute Gasteiger partial charge is 0.313 e. The van der Waals surface area contributed by atoms with Gasteiger partial charge in [0.2, 0.25) is 0 Å². The first-order valence-electron chi connectivity index (χ1n) is 5.90. The number of benzene rings is 1. The molecule has 1 aromatic rings. The predicted molar refractivity (Wildman–Crippen MR) is 77.8 cm³/mol. The minimum Gasteiger partial charge on any atom is -0.313 e. The van der Waals surface area contributed by atoms with Gasteiger partial charge in [-0.1, -0.05) is 55.6 Å². The molecule has 1 rings (SSSR count). The van der Waals surface area contributed by atoms with E-state index in [9.17, 15) is 0 Å². The fraction of sp³-hybridized carbons (Fsp3) is 0.429. The molecule has 0 saturated heterocycles. The van der Waals surface area contributed by atoms with E-state index in [1.54, 1.807) is 6.07 Å². The van der Waals surface area contributed by atoms with Crippen molar-refractivity contribution in [2.75, 3.05) is 13.1 Å². The standard InChI is InChI=1S/C14H19Cl2N/c1-4-17-9-12(10(2)3)5-11-6-13(15)8-14(16)7-11/h5-8,10,17H,4,9H2,1-3H3. The summed E-state index contributed by atoms with van der Waals surface area (Å²) in [6.45, 7) is 8.36. The zero-order chi connectivity index (χ0) is 12.8. The van der Waals surface area contributed by atoms with E-state index in [0.29, 0.717) is 16.0 Å². The molecule has 0 aliphatic carbocycles. The summed E-state index contributed by atoms with van der Waals surface area (Å²) in [7, 11) is 0. The maximum atomic E-state index is 5.99. The maximum Gasteiger partial charge on any atom is 0.0426 e. The van der Waals surface area contributed by atoms with Gasteiger partial charge in [-0.15, -0.1) is 0 Å². The van der Waals surface area contributed by atoms with Gasteiger partial charge in [-0.05, 0) is 36.2 Å². The summed E-state index contributed by atoms with van der Waals surface area (Å²) in [5, 5.41) is 4.70. The van der Waals surface area contributed by atoms with Gasteiger partial charge in [0.25, 0.3) is 0 Å². The molecule has 0 radical (unpaired) electrons. The molecule has 17 heavy (non-hydrogen) atoms. The molecule has 1 aromatic carbocycles. The highest BCUT2D eigenvalue weighted by Gasteiger charge is 2.04. The molecular weight excluding hydrogens is 253 g/mol. The van der Waals surface area contributed by atoms with Crippen LogP contribution in [0.25, 0.3) is 6.08 Å². The van der Waals surface area contributed by atoms with Gasteiger partial charge in [0.05, 0.1) is 0 Å². The molecule has 0 heterocycles. The highest BCUT2D eigenvalue weighted by atomic mass is 35.5. The lowest BCUT2D eigenvalue weighted by Crippen LogP contribution is -2.18. The number of likely N-dealkylation sites (N-methyl/N-ethyl adjacent to an activating group) is 1. The van der Waals surface area contributed by atoms with E-state index < -0.39 is 0 Å². The van der Waals surface area contributed by atoms with E-state index >= 15 is 0 Å². The van der Waals surface area contributed by atoms with Crippen molar-refractivity contribution in [3.8, 4) is 0 Å². The van der Waals surface area contributed by atoms with Crippen LogP contribution in [0, 0.1) is 5.92 Å². The lowest BCUT2D eigenvalue weighted by Gasteiger charge is -2.12. The molecule has 0 bridgehead atoms. The van der Waals surface area contributed by atoms with Crippen LogP contribution >= 0.6 is 23.2 Å². The Morgan fingerprint density at radius 2 is 1.82 bits per heavy atom. The monoisotopic (exact) mass is 271 g/mol. The molecule has 0 saturated carbocycles. The van der Waals surface area contributed by atoms with Crippen LogP contribution in [0.2, 0.25) is 10.0 Å². The van der Waals surface area contributed by atoms with Crippen LogP contribution < -0.4 is 5.32 Å². The third-order valence-corrected chi connectivity index (χ3v) is 2.99. The molecule has 0 aliphatic heterocycles. The van der Waals surface area contributed by atoms with Gasteiger partial charge < -0.3 is 5.32 Å². The molecule has 0 aromatic heterocycles. The van der Waals surface area contributed by atoms with Crippen molar-refractivity contribution < 1.29 is 0 Å². The minimum absolute atomic E-state index is 0.506. The summed E-state index contributed by atoms with van der Waals surface area (Å²) < 4.78 is 0. The van der Waals surface area contributed by atoms with Gasteiger partial charge in [-0.3, -0.25) is 0 Å². The Balaban J connectivity index is 2.95. The van der Waals surface area contributed by atoms with Crippen molar-refractivity contribution in [2.45, 2.75) is 20.8 Å². The fourth-order valence-corrected chi connectivity index (χ4v) is 2.11. The second-order valence-corrected chi connectivity index (χ2v) is 5.23. The average Bonchev–Trinajstić information content (AvgIpc) is 2.22. The third kappa shape index (κ3) is 5.12. The summed E-state index contributed by atoms with van der Waals surface area (Å²) in [6.07, 6.45) is 2.16. The summed E-state index contributed by atoms with van der Waals surface area (Å²) in [4.78, 5) is 0. The zero-order valence-electron chi connectivity index (χ0n) is 10.6. The van der Waals surface area contributed by atoms with Gasteiger partial charge in [0, 0.05) is 16.6 Å². The number of rotatable bonds is 5. The number of hydrogen-bond acceptors (Lipinski definition) is 1. The van der Waals surface area contributed by atoms with Gasteiger partial charge in [0.15, 0.2) is 0 Å². The molecule has 0 unspecified atom stereocenters. The van der Waals surface area contributed by atoms with E-state index in [-0.39, 0.29) is 0 Å². The Kier molecular flexibility index (Phi) is 6.04. The predicted octanol–water partition coefficient (Wildman–Crippen LogP) is 4.64. The molecular formula is C14H19Cl2N. The second-order valence-electron chi connectivity index (χ2n) is 4.36. The van der Waals surface area contributed by atoms with Crippen molar-refractivity contribution >= 4 is 29.3 Å². The Morgan fingerprint density at radius 1 is 1.24 bits per heavy atom. The molecule has 94 valence electrons. The second kappa shape index (κ2) is 7.05. The maximum absolute atomic E-state index is 5.99. The number of nitrogens with one attached hydrogen (secondary N) is 1.